The molecule has 0 spiro atoms. The molecule has 1 amide bonds. The highest BCUT2D eigenvalue weighted by molar-refractivity contribution is 7.91. The standard InChI is InChI=1S/C26H28N4O6S/c1-5-37(34,35)18-8-6-17(7-9-18)15-22(31)28-21-14-16(2)24-19(27-21)12-13-26(3,25(24)32)20-10-11-23(36-4)30(33)29-20/h6-11,14H,5,12-13,15H2,1-4H3,(H,27,28,31). The third-order valence-corrected chi connectivity index (χ3v) is 8.47. The number of fused-ring (bicyclic) bond motifs is 1. The van der Waals surface area contributed by atoms with Crippen molar-refractivity contribution in [2.45, 2.75) is 50.3 Å². The van der Waals surface area contributed by atoms with E-state index in [1.54, 1.807) is 45.0 Å². The van der Waals surface area contributed by atoms with Gasteiger partial charge in [0, 0.05) is 10.7 Å². The monoisotopic (exact) mass is 524 g/mol. The summed E-state index contributed by atoms with van der Waals surface area (Å²) in [6, 6.07) is 11.0. The number of nitrogens with zero attached hydrogens (tertiary/aromatic N) is 3. The summed E-state index contributed by atoms with van der Waals surface area (Å²) >= 11 is 0. The van der Waals surface area contributed by atoms with Gasteiger partial charge < -0.3 is 15.3 Å². The number of amides is 1. The number of hydrogen-bond acceptors (Lipinski definition) is 8. The van der Waals surface area contributed by atoms with E-state index in [9.17, 15) is 23.2 Å². The molecule has 0 radical (unpaired) electrons. The smallest absolute Gasteiger partial charge is 0.405 e. The Kier molecular flexibility index (Phi) is 7.00. The number of ether oxygens (including phenoxy) is 1. The Bertz CT molecular complexity index is 1490. The van der Waals surface area contributed by atoms with Gasteiger partial charge in [0.1, 0.15) is 11.5 Å². The van der Waals surface area contributed by atoms with E-state index in [0.717, 1.165) is 0 Å². The lowest BCUT2D eigenvalue weighted by Crippen LogP contribution is -2.43. The van der Waals surface area contributed by atoms with Gasteiger partial charge >= 0.3 is 5.88 Å². The lowest BCUT2D eigenvalue weighted by molar-refractivity contribution is -0.675. The Morgan fingerprint density at radius 2 is 1.92 bits per heavy atom. The number of anilines is 1. The van der Waals surface area contributed by atoms with Gasteiger partial charge in [0.05, 0.1) is 41.4 Å². The molecule has 1 unspecified atom stereocenters. The highest BCUT2D eigenvalue weighted by atomic mass is 32.2. The van der Waals surface area contributed by atoms with Crippen LogP contribution in [-0.4, -0.2) is 43.1 Å². The summed E-state index contributed by atoms with van der Waals surface area (Å²) in [5.41, 5.74) is 1.73. The highest BCUT2D eigenvalue weighted by Gasteiger charge is 2.44. The second kappa shape index (κ2) is 9.89. The summed E-state index contributed by atoms with van der Waals surface area (Å²) in [4.78, 5) is 31.3. The van der Waals surface area contributed by atoms with Crippen molar-refractivity contribution in [2.24, 2.45) is 0 Å². The second-order valence-electron chi connectivity index (χ2n) is 9.21. The van der Waals surface area contributed by atoms with Gasteiger partial charge in [-0.2, -0.15) is 0 Å². The van der Waals surface area contributed by atoms with E-state index in [1.807, 2.05) is 0 Å². The Morgan fingerprint density at radius 3 is 2.54 bits per heavy atom. The number of hydrogen-bond donors (Lipinski definition) is 1. The predicted octanol–water partition coefficient (Wildman–Crippen LogP) is 2.49. The van der Waals surface area contributed by atoms with E-state index < -0.39 is 15.3 Å². The summed E-state index contributed by atoms with van der Waals surface area (Å²) < 4.78 is 28.9. The van der Waals surface area contributed by atoms with Gasteiger partial charge in [0.25, 0.3) is 0 Å². The van der Waals surface area contributed by atoms with Crippen LogP contribution < -0.4 is 14.9 Å². The molecule has 10 nitrogen and oxygen atoms in total. The van der Waals surface area contributed by atoms with Gasteiger partial charge in [0.15, 0.2) is 15.6 Å². The van der Waals surface area contributed by atoms with Crippen LogP contribution in [0, 0.1) is 12.1 Å². The van der Waals surface area contributed by atoms with Gasteiger partial charge in [-0.15, -0.1) is 0 Å². The molecule has 194 valence electrons. The maximum atomic E-state index is 13.6. The first kappa shape index (κ1) is 26.2. The number of methoxy groups -OCH3 is 1. The first-order valence-electron chi connectivity index (χ1n) is 11.8. The van der Waals surface area contributed by atoms with E-state index >= 15 is 0 Å². The number of aromatic nitrogens is 3. The number of Topliss-reactive ketones (excluding diaryl/α,β-unsaturated/α-hetero) is 1. The molecule has 37 heavy (non-hydrogen) atoms. The van der Waals surface area contributed by atoms with Crippen molar-refractivity contribution >= 4 is 27.3 Å². The molecule has 1 aromatic carbocycles. The molecule has 1 aliphatic rings. The molecule has 1 N–H and O–H groups in total. The van der Waals surface area contributed by atoms with Crippen molar-refractivity contribution in [3.63, 3.8) is 0 Å². The van der Waals surface area contributed by atoms with Crippen LogP contribution in [0.3, 0.4) is 0 Å². The molecule has 2 heterocycles. The molecule has 2 aromatic heterocycles. The largest absolute Gasteiger partial charge is 0.591 e. The summed E-state index contributed by atoms with van der Waals surface area (Å²) in [7, 11) is -1.93. The summed E-state index contributed by atoms with van der Waals surface area (Å²) in [6.45, 7) is 5.12. The third kappa shape index (κ3) is 5.04. The van der Waals surface area contributed by atoms with E-state index in [2.05, 4.69) is 15.4 Å². The van der Waals surface area contributed by atoms with Crippen LogP contribution in [0.1, 0.15) is 53.1 Å². The molecule has 1 aliphatic carbocycles. The first-order chi connectivity index (χ1) is 17.5. The van der Waals surface area contributed by atoms with E-state index in [0.29, 0.717) is 51.6 Å². The minimum absolute atomic E-state index is 0.00703. The maximum absolute atomic E-state index is 13.6. The molecule has 1 atom stereocenters. The Balaban J connectivity index is 1.52. The van der Waals surface area contributed by atoms with Crippen molar-refractivity contribution in [1.29, 1.82) is 0 Å². The SMILES string of the molecule is CCS(=O)(=O)c1ccc(CC(=O)Nc2cc(C)c3c(n2)CCC(C)(c2ccc(OC)[n+]([O-])n2)C3=O)cc1. The van der Waals surface area contributed by atoms with Crippen molar-refractivity contribution in [1.82, 2.24) is 10.1 Å². The highest BCUT2D eigenvalue weighted by Crippen LogP contribution is 2.38. The van der Waals surface area contributed by atoms with E-state index in [4.69, 9.17) is 4.74 Å². The minimum Gasteiger partial charge on any atom is -0.591 e. The molecule has 4 rings (SSSR count). The van der Waals surface area contributed by atoms with Crippen molar-refractivity contribution in [2.75, 3.05) is 18.2 Å². The Hall–Kier alpha value is -3.86. The fraction of sp³-hybridized carbons (Fsp3) is 0.346. The van der Waals surface area contributed by atoms with Crippen LogP contribution in [-0.2, 0) is 32.9 Å². The Morgan fingerprint density at radius 1 is 1.22 bits per heavy atom. The molecule has 11 heteroatoms. The average Bonchev–Trinajstić information content (AvgIpc) is 2.86. The number of sulfone groups is 1. The van der Waals surface area contributed by atoms with E-state index in [-0.39, 0.29) is 34.6 Å². The molecular weight excluding hydrogens is 496 g/mol. The van der Waals surface area contributed by atoms with Gasteiger partial charge in [0.2, 0.25) is 5.91 Å². The lowest BCUT2D eigenvalue weighted by Gasteiger charge is -2.32. The zero-order valence-corrected chi connectivity index (χ0v) is 21.9. The zero-order valence-electron chi connectivity index (χ0n) is 21.1. The lowest BCUT2D eigenvalue weighted by atomic mass is 9.70. The first-order valence-corrected chi connectivity index (χ1v) is 13.5. The summed E-state index contributed by atoms with van der Waals surface area (Å²) in [5.74, 6) is -0.115. The molecule has 0 bridgehead atoms. The Labute approximate surface area is 215 Å². The van der Waals surface area contributed by atoms with Crippen LogP contribution in [0.4, 0.5) is 5.82 Å². The number of ketones is 1. The van der Waals surface area contributed by atoms with Gasteiger partial charge in [-0.25, -0.2) is 13.4 Å². The number of benzene rings is 1. The number of nitrogens with one attached hydrogen (secondary N) is 1. The number of rotatable bonds is 7. The topological polar surface area (TPSA) is 142 Å². The van der Waals surface area contributed by atoms with Crippen LogP contribution in [0.5, 0.6) is 5.88 Å². The van der Waals surface area contributed by atoms with Crippen molar-refractivity contribution < 1.29 is 27.6 Å². The average molecular weight is 525 g/mol. The van der Waals surface area contributed by atoms with Crippen LogP contribution in [0.2, 0.25) is 0 Å². The maximum Gasteiger partial charge on any atom is 0.405 e. The van der Waals surface area contributed by atoms with Crippen LogP contribution in [0.25, 0.3) is 0 Å². The van der Waals surface area contributed by atoms with Gasteiger partial charge in [-0.05, 0) is 66.9 Å². The number of carbonyl (C=O) groups excluding carboxylic acids is 2. The van der Waals surface area contributed by atoms with Gasteiger partial charge in [-0.3, -0.25) is 9.59 Å². The van der Waals surface area contributed by atoms with Crippen molar-refractivity contribution in [3.8, 4) is 5.88 Å². The third-order valence-electron chi connectivity index (χ3n) is 6.72. The molecule has 0 saturated carbocycles. The summed E-state index contributed by atoms with van der Waals surface area (Å²) in [5, 5.41) is 18.9. The molecule has 0 saturated heterocycles. The number of pyridine rings is 1. The zero-order chi connectivity index (χ0) is 27.0. The second-order valence-corrected chi connectivity index (χ2v) is 11.5. The minimum atomic E-state index is -3.31. The predicted molar refractivity (Wildman–Crippen MR) is 135 cm³/mol. The van der Waals surface area contributed by atoms with Crippen molar-refractivity contribution in [3.05, 3.63) is 75.8 Å². The molecular formula is C26H28N4O6S. The summed E-state index contributed by atoms with van der Waals surface area (Å²) in [6.07, 6.45) is 0.899. The fourth-order valence-electron chi connectivity index (χ4n) is 4.48. The van der Waals surface area contributed by atoms with Crippen LogP contribution in [0.15, 0.2) is 47.4 Å². The molecule has 0 fully saturated rings. The quantitative estimate of drug-likeness (QED) is 0.367. The fourth-order valence-corrected chi connectivity index (χ4v) is 5.37. The molecule has 3 aromatic rings. The van der Waals surface area contributed by atoms with Gasteiger partial charge in [-0.1, -0.05) is 19.1 Å². The number of aryl methyl sites for hydroxylation is 2. The van der Waals surface area contributed by atoms with Crippen LogP contribution >= 0.6 is 0 Å². The normalized spacial score (nSPS) is 17.2. The molecule has 0 aliphatic heterocycles. The number of carbonyl (C=O) groups is 2. The van der Waals surface area contributed by atoms with E-state index in [1.165, 1.54) is 25.3 Å².